The maximum Gasteiger partial charge on any atom is 0.119 e. The van der Waals surface area contributed by atoms with Gasteiger partial charge in [0.15, 0.2) is 0 Å². The zero-order valence-corrected chi connectivity index (χ0v) is 16.0. The van der Waals surface area contributed by atoms with Crippen molar-refractivity contribution in [3.05, 3.63) is 59.9 Å². The molecule has 0 aliphatic heterocycles. The lowest BCUT2D eigenvalue weighted by Gasteiger charge is -2.23. The van der Waals surface area contributed by atoms with E-state index in [1.54, 1.807) is 0 Å². The zero-order chi connectivity index (χ0) is 18.6. The number of benzene rings is 2. The molecular formula is C23H28N2O2. The molecule has 1 aliphatic rings. The van der Waals surface area contributed by atoms with Crippen LogP contribution in [0.25, 0.3) is 11.0 Å². The number of ether oxygens (including phenoxy) is 1. The third-order valence-corrected chi connectivity index (χ3v) is 5.48. The van der Waals surface area contributed by atoms with E-state index in [1.807, 2.05) is 43.3 Å². The normalized spacial score (nSPS) is 16.5. The Labute approximate surface area is 160 Å². The Morgan fingerprint density at radius 2 is 1.93 bits per heavy atom. The lowest BCUT2D eigenvalue weighted by atomic mass is 9.88. The number of hydrogen-bond donors (Lipinski definition) is 1. The summed E-state index contributed by atoms with van der Waals surface area (Å²) in [6, 6.07) is 16.2. The molecule has 4 heteroatoms. The third-order valence-electron chi connectivity index (χ3n) is 5.48. The minimum Gasteiger partial charge on any atom is -0.491 e. The fourth-order valence-electron chi connectivity index (χ4n) is 4.12. The van der Waals surface area contributed by atoms with E-state index in [9.17, 15) is 5.11 Å². The van der Waals surface area contributed by atoms with E-state index in [0.717, 1.165) is 28.2 Å². The van der Waals surface area contributed by atoms with Crippen molar-refractivity contribution in [3.63, 3.8) is 0 Å². The highest BCUT2D eigenvalue weighted by Gasteiger charge is 2.23. The molecule has 1 heterocycles. The van der Waals surface area contributed by atoms with Gasteiger partial charge in [0, 0.05) is 5.92 Å². The lowest BCUT2D eigenvalue weighted by molar-refractivity contribution is 0.0922. The van der Waals surface area contributed by atoms with Crippen molar-refractivity contribution < 1.29 is 9.84 Å². The monoisotopic (exact) mass is 364 g/mol. The second kappa shape index (κ2) is 8.13. The van der Waals surface area contributed by atoms with Crippen LogP contribution in [0.4, 0.5) is 0 Å². The van der Waals surface area contributed by atoms with Crippen molar-refractivity contribution in [1.29, 1.82) is 0 Å². The van der Waals surface area contributed by atoms with E-state index in [-0.39, 0.29) is 6.61 Å². The molecule has 0 spiro atoms. The number of aliphatic hydroxyl groups is 1. The minimum absolute atomic E-state index is 0.278. The van der Waals surface area contributed by atoms with Crippen LogP contribution in [0.2, 0.25) is 0 Å². The first-order valence-corrected chi connectivity index (χ1v) is 10.0. The second-order valence-electron chi connectivity index (χ2n) is 7.69. The first-order chi connectivity index (χ1) is 13.2. The standard InChI is InChI=1S/C23H28N2O2/c1-17-8-7-11-20(14-17)27-16-19(26)15-25-22-13-6-5-12-21(22)24-23(25)18-9-3-2-4-10-18/h5-8,11-14,18-19,26H,2-4,9-10,15-16H2,1H3/t19-/m0/s1. The fourth-order valence-corrected chi connectivity index (χ4v) is 4.12. The molecule has 4 rings (SSSR count). The summed E-state index contributed by atoms with van der Waals surface area (Å²) >= 11 is 0. The largest absolute Gasteiger partial charge is 0.491 e. The highest BCUT2D eigenvalue weighted by Crippen LogP contribution is 2.34. The molecule has 142 valence electrons. The van der Waals surface area contributed by atoms with Crippen molar-refractivity contribution in [2.24, 2.45) is 0 Å². The average molecular weight is 364 g/mol. The van der Waals surface area contributed by atoms with Gasteiger partial charge < -0.3 is 14.4 Å². The zero-order valence-electron chi connectivity index (χ0n) is 16.0. The van der Waals surface area contributed by atoms with Gasteiger partial charge in [-0.2, -0.15) is 0 Å². The smallest absolute Gasteiger partial charge is 0.119 e. The van der Waals surface area contributed by atoms with Gasteiger partial charge in [-0.15, -0.1) is 0 Å². The molecule has 1 fully saturated rings. The first-order valence-electron chi connectivity index (χ1n) is 10.0. The molecule has 0 bridgehead atoms. The van der Waals surface area contributed by atoms with Crippen LogP contribution >= 0.6 is 0 Å². The number of imidazole rings is 1. The summed E-state index contributed by atoms with van der Waals surface area (Å²) in [6.45, 7) is 2.83. The summed E-state index contributed by atoms with van der Waals surface area (Å²) in [4.78, 5) is 4.93. The van der Waals surface area contributed by atoms with E-state index >= 15 is 0 Å². The predicted molar refractivity (Wildman–Crippen MR) is 108 cm³/mol. The molecule has 4 nitrogen and oxygen atoms in total. The summed E-state index contributed by atoms with van der Waals surface area (Å²) in [5.74, 6) is 2.43. The van der Waals surface area contributed by atoms with Crippen molar-refractivity contribution in [1.82, 2.24) is 9.55 Å². The molecule has 0 saturated heterocycles. The SMILES string of the molecule is Cc1cccc(OC[C@@H](O)Cn2c(C3CCCCC3)nc3ccccc32)c1. The van der Waals surface area contributed by atoms with Crippen molar-refractivity contribution in [3.8, 4) is 5.75 Å². The molecule has 1 aliphatic carbocycles. The van der Waals surface area contributed by atoms with Crippen LogP contribution in [-0.2, 0) is 6.54 Å². The van der Waals surface area contributed by atoms with E-state index < -0.39 is 6.10 Å². The van der Waals surface area contributed by atoms with Gasteiger partial charge in [-0.25, -0.2) is 4.98 Å². The van der Waals surface area contributed by atoms with Crippen LogP contribution in [-0.4, -0.2) is 27.4 Å². The van der Waals surface area contributed by atoms with Crippen LogP contribution in [0, 0.1) is 6.92 Å². The maximum absolute atomic E-state index is 10.7. The van der Waals surface area contributed by atoms with Gasteiger partial charge in [-0.05, 0) is 49.6 Å². The Hall–Kier alpha value is -2.33. The molecule has 1 atom stereocenters. The Balaban J connectivity index is 1.53. The van der Waals surface area contributed by atoms with Gasteiger partial charge in [-0.1, -0.05) is 43.5 Å². The second-order valence-corrected chi connectivity index (χ2v) is 7.69. The van der Waals surface area contributed by atoms with E-state index in [2.05, 4.69) is 16.7 Å². The number of aliphatic hydroxyl groups excluding tert-OH is 1. The number of aryl methyl sites for hydroxylation is 1. The lowest BCUT2D eigenvalue weighted by Crippen LogP contribution is -2.25. The molecule has 3 aromatic rings. The number of rotatable bonds is 6. The van der Waals surface area contributed by atoms with Crippen LogP contribution in [0.3, 0.4) is 0 Å². The summed E-state index contributed by atoms with van der Waals surface area (Å²) in [5, 5.41) is 10.7. The molecule has 0 unspecified atom stereocenters. The number of nitrogens with zero attached hydrogens (tertiary/aromatic N) is 2. The Kier molecular flexibility index (Phi) is 5.44. The van der Waals surface area contributed by atoms with Gasteiger partial charge in [0.25, 0.3) is 0 Å². The Morgan fingerprint density at radius 1 is 1.11 bits per heavy atom. The van der Waals surface area contributed by atoms with Gasteiger partial charge in [-0.3, -0.25) is 0 Å². The van der Waals surface area contributed by atoms with Gasteiger partial charge >= 0.3 is 0 Å². The highest BCUT2D eigenvalue weighted by molar-refractivity contribution is 5.76. The summed E-state index contributed by atoms with van der Waals surface area (Å²) in [7, 11) is 0. The molecule has 27 heavy (non-hydrogen) atoms. The highest BCUT2D eigenvalue weighted by atomic mass is 16.5. The summed E-state index contributed by atoms with van der Waals surface area (Å²) in [6.07, 6.45) is 5.67. The molecule has 2 aromatic carbocycles. The average Bonchev–Trinajstić information content (AvgIpc) is 3.06. The third kappa shape index (κ3) is 4.16. The van der Waals surface area contributed by atoms with Crippen LogP contribution in [0.1, 0.15) is 49.4 Å². The maximum atomic E-state index is 10.7. The number of aromatic nitrogens is 2. The van der Waals surface area contributed by atoms with Crippen molar-refractivity contribution in [2.45, 2.75) is 57.6 Å². The molecule has 0 radical (unpaired) electrons. The van der Waals surface area contributed by atoms with Crippen molar-refractivity contribution >= 4 is 11.0 Å². The van der Waals surface area contributed by atoms with E-state index in [1.165, 1.54) is 32.1 Å². The quantitative estimate of drug-likeness (QED) is 0.681. The number of fused-ring (bicyclic) bond motifs is 1. The Bertz CT molecular complexity index is 896. The summed E-state index contributed by atoms with van der Waals surface area (Å²) in [5.41, 5.74) is 3.28. The van der Waals surface area contributed by atoms with Gasteiger partial charge in [0.2, 0.25) is 0 Å². The molecule has 1 saturated carbocycles. The van der Waals surface area contributed by atoms with Crippen LogP contribution < -0.4 is 4.74 Å². The minimum atomic E-state index is -0.578. The van der Waals surface area contributed by atoms with Crippen molar-refractivity contribution in [2.75, 3.05) is 6.61 Å². The fraction of sp³-hybridized carbons (Fsp3) is 0.435. The van der Waals surface area contributed by atoms with E-state index in [4.69, 9.17) is 9.72 Å². The van der Waals surface area contributed by atoms with Gasteiger partial charge in [0.05, 0.1) is 17.6 Å². The molecular weight excluding hydrogens is 336 g/mol. The van der Waals surface area contributed by atoms with E-state index in [0.29, 0.717) is 12.5 Å². The predicted octanol–water partition coefficient (Wildman–Crippen LogP) is 4.83. The topological polar surface area (TPSA) is 47.3 Å². The Morgan fingerprint density at radius 3 is 2.74 bits per heavy atom. The van der Waals surface area contributed by atoms with Crippen LogP contribution in [0.5, 0.6) is 5.75 Å². The number of para-hydroxylation sites is 2. The van der Waals surface area contributed by atoms with Gasteiger partial charge in [0.1, 0.15) is 24.3 Å². The number of hydrogen-bond acceptors (Lipinski definition) is 3. The molecule has 1 aromatic heterocycles. The molecule has 0 amide bonds. The first kappa shape index (κ1) is 18.1. The summed E-state index contributed by atoms with van der Waals surface area (Å²) < 4.78 is 8.03. The molecule has 1 N–H and O–H groups in total. The van der Waals surface area contributed by atoms with Crippen LogP contribution in [0.15, 0.2) is 48.5 Å².